The van der Waals surface area contributed by atoms with E-state index < -0.39 is 43.4 Å². The van der Waals surface area contributed by atoms with Gasteiger partial charge < -0.3 is 40.3 Å². The molecule has 5 atom stereocenters. The standard InChI is InChI=1S/C22H27NO8/c1-12-8-14(13-4-3-5-15(9-13)20(28)23-2)6-7-16(12)30-21-22(29,11-25)19(27)18(26)17(10-24)31-21/h3-9,17-19,21,24-27,29H,10-11H2,1-2H3,(H,23,28)/t17-,18-,19+,21+,22+/m1/s1. The average Bonchev–Trinajstić information content (AvgIpc) is 2.79. The Morgan fingerprint density at radius 3 is 2.48 bits per heavy atom. The van der Waals surface area contributed by atoms with Gasteiger partial charge in [0.25, 0.3) is 5.91 Å². The van der Waals surface area contributed by atoms with Gasteiger partial charge in [0, 0.05) is 12.6 Å². The third kappa shape index (κ3) is 4.42. The maximum atomic E-state index is 11.9. The molecule has 9 heteroatoms. The molecule has 6 N–H and O–H groups in total. The number of hydrogen-bond donors (Lipinski definition) is 6. The fourth-order valence-electron chi connectivity index (χ4n) is 3.51. The number of benzene rings is 2. The number of aryl methyl sites for hydroxylation is 1. The highest BCUT2D eigenvalue weighted by atomic mass is 16.7. The van der Waals surface area contributed by atoms with Crippen LogP contribution < -0.4 is 10.1 Å². The molecule has 1 aliphatic rings. The van der Waals surface area contributed by atoms with Crippen LogP contribution in [-0.2, 0) is 4.74 Å². The van der Waals surface area contributed by atoms with Crippen molar-refractivity contribution in [3.05, 3.63) is 53.6 Å². The molecule has 1 saturated heterocycles. The van der Waals surface area contributed by atoms with Crippen molar-refractivity contribution in [2.45, 2.75) is 37.1 Å². The number of rotatable bonds is 6. The van der Waals surface area contributed by atoms with Gasteiger partial charge in [0.2, 0.25) is 6.29 Å². The zero-order chi connectivity index (χ0) is 22.8. The molecule has 0 unspecified atom stereocenters. The molecule has 2 aromatic rings. The lowest BCUT2D eigenvalue weighted by Crippen LogP contribution is -2.69. The Hall–Kier alpha value is -2.53. The number of nitrogens with one attached hydrogen (secondary N) is 1. The highest BCUT2D eigenvalue weighted by Gasteiger charge is 2.56. The second-order valence-electron chi connectivity index (χ2n) is 7.53. The zero-order valence-corrected chi connectivity index (χ0v) is 17.2. The SMILES string of the molecule is CNC(=O)c1cccc(-c2ccc(O[C@H]3O[C@H](CO)[C@@H](O)[C@H](O)[C@@]3(O)CO)c(C)c2)c1. The molecule has 31 heavy (non-hydrogen) atoms. The van der Waals surface area contributed by atoms with Crippen LogP contribution in [0.3, 0.4) is 0 Å². The van der Waals surface area contributed by atoms with Crippen molar-refractivity contribution in [1.29, 1.82) is 0 Å². The Morgan fingerprint density at radius 2 is 1.87 bits per heavy atom. The largest absolute Gasteiger partial charge is 0.461 e. The van der Waals surface area contributed by atoms with E-state index in [2.05, 4.69) is 5.32 Å². The zero-order valence-electron chi connectivity index (χ0n) is 17.2. The Bertz CT molecular complexity index is 935. The van der Waals surface area contributed by atoms with E-state index >= 15 is 0 Å². The lowest BCUT2D eigenvalue weighted by Gasteiger charge is -2.46. The molecule has 168 valence electrons. The number of aliphatic hydroxyl groups excluding tert-OH is 4. The van der Waals surface area contributed by atoms with Crippen LogP contribution in [0.25, 0.3) is 11.1 Å². The van der Waals surface area contributed by atoms with Gasteiger partial charge in [-0.15, -0.1) is 0 Å². The minimum atomic E-state index is -2.29. The molecule has 2 aromatic carbocycles. The first-order valence-corrected chi connectivity index (χ1v) is 9.80. The lowest BCUT2D eigenvalue weighted by molar-refractivity contribution is -0.327. The second kappa shape index (κ2) is 9.31. The number of amides is 1. The van der Waals surface area contributed by atoms with Crippen molar-refractivity contribution in [2.75, 3.05) is 20.3 Å². The van der Waals surface area contributed by atoms with Gasteiger partial charge >= 0.3 is 0 Å². The summed E-state index contributed by atoms with van der Waals surface area (Å²) in [7, 11) is 1.56. The molecule has 0 bridgehead atoms. The minimum Gasteiger partial charge on any atom is -0.461 e. The van der Waals surface area contributed by atoms with Gasteiger partial charge in [-0.25, -0.2) is 0 Å². The maximum absolute atomic E-state index is 11.9. The second-order valence-corrected chi connectivity index (χ2v) is 7.53. The summed E-state index contributed by atoms with van der Waals surface area (Å²) in [5.41, 5.74) is 0.520. The summed E-state index contributed by atoms with van der Waals surface area (Å²) in [6.07, 6.45) is -6.12. The molecule has 1 fully saturated rings. The fourth-order valence-corrected chi connectivity index (χ4v) is 3.51. The molecule has 0 aromatic heterocycles. The van der Waals surface area contributed by atoms with Crippen molar-refractivity contribution in [2.24, 2.45) is 0 Å². The first-order valence-electron chi connectivity index (χ1n) is 9.80. The Kier molecular flexibility index (Phi) is 6.95. The minimum absolute atomic E-state index is 0.199. The number of carbonyl (C=O) groups excluding carboxylic acids is 1. The quantitative estimate of drug-likeness (QED) is 0.359. The van der Waals surface area contributed by atoms with Crippen LogP contribution >= 0.6 is 0 Å². The number of hydrogen-bond acceptors (Lipinski definition) is 8. The van der Waals surface area contributed by atoms with Crippen molar-refractivity contribution < 1.29 is 39.8 Å². The first kappa shape index (κ1) is 23.1. The van der Waals surface area contributed by atoms with Crippen molar-refractivity contribution in [1.82, 2.24) is 5.32 Å². The molecular formula is C22H27NO8. The van der Waals surface area contributed by atoms with Crippen LogP contribution in [0.15, 0.2) is 42.5 Å². The molecule has 9 nitrogen and oxygen atoms in total. The molecule has 1 amide bonds. The predicted octanol–water partition coefficient (Wildman–Crippen LogP) is -0.437. The van der Waals surface area contributed by atoms with Gasteiger partial charge in [-0.05, 0) is 47.9 Å². The first-order chi connectivity index (χ1) is 14.7. The number of ether oxygens (including phenoxy) is 2. The summed E-state index contributed by atoms with van der Waals surface area (Å²) in [4.78, 5) is 11.9. The summed E-state index contributed by atoms with van der Waals surface area (Å²) < 4.78 is 11.2. The number of aliphatic hydroxyl groups is 5. The number of carbonyl (C=O) groups is 1. The Morgan fingerprint density at radius 1 is 1.16 bits per heavy atom. The highest BCUT2D eigenvalue weighted by Crippen LogP contribution is 2.34. The van der Waals surface area contributed by atoms with Crippen molar-refractivity contribution in [3.8, 4) is 16.9 Å². The van der Waals surface area contributed by atoms with Crippen LogP contribution in [0, 0.1) is 6.92 Å². The van der Waals surface area contributed by atoms with E-state index in [-0.39, 0.29) is 5.91 Å². The normalized spacial score (nSPS) is 28.2. The van der Waals surface area contributed by atoms with Crippen LogP contribution in [0.5, 0.6) is 5.75 Å². The van der Waals surface area contributed by atoms with E-state index in [0.717, 1.165) is 11.1 Å². The van der Waals surface area contributed by atoms with Crippen LogP contribution in [0.1, 0.15) is 15.9 Å². The van der Waals surface area contributed by atoms with E-state index in [1.54, 1.807) is 44.3 Å². The van der Waals surface area contributed by atoms with Gasteiger partial charge in [-0.1, -0.05) is 18.2 Å². The molecule has 1 heterocycles. The van der Waals surface area contributed by atoms with E-state index in [4.69, 9.17) is 9.47 Å². The lowest BCUT2D eigenvalue weighted by atomic mass is 9.87. The molecule has 0 spiro atoms. The van der Waals surface area contributed by atoms with Crippen molar-refractivity contribution >= 4 is 5.91 Å². The predicted molar refractivity (Wildman–Crippen MR) is 110 cm³/mol. The van der Waals surface area contributed by atoms with Gasteiger partial charge in [-0.2, -0.15) is 0 Å². The molecule has 3 rings (SSSR count). The smallest absolute Gasteiger partial charge is 0.251 e. The Labute approximate surface area is 179 Å². The molecule has 0 aliphatic carbocycles. The van der Waals surface area contributed by atoms with Crippen LogP contribution in [-0.4, -0.2) is 81.9 Å². The van der Waals surface area contributed by atoms with Gasteiger partial charge in [0.1, 0.15) is 24.1 Å². The van der Waals surface area contributed by atoms with Gasteiger partial charge in [-0.3, -0.25) is 4.79 Å². The fraction of sp³-hybridized carbons (Fsp3) is 0.409. The summed E-state index contributed by atoms with van der Waals surface area (Å²) in [5, 5.41) is 52.5. The van der Waals surface area contributed by atoms with E-state index in [1.165, 1.54) is 0 Å². The average molecular weight is 433 g/mol. The van der Waals surface area contributed by atoms with Crippen LogP contribution in [0.4, 0.5) is 0 Å². The topological polar surface area (TPSA) is 149 Å². The molecule has 0 saturated carbocycles. The van der Waals surface area contributed by atoms with E-state index in [0.29, 0.717) is 16.9 Å². The summed E-state index contributed by atoms with van der Waals surface area (Å²) >= 11 is 0. The Balaban J connectivity index is 1.87. The molecule has 0 radical (unpaired) electrons. The van der Waals surface area contributed by atoms with E-state index in [1.807, 2.05) is 12.1 Å². The van der Waals surface area contributed by atoms with E-state index in [9.17, 15) is 30.3 Å². The van der Waals surface area contributed by atoms with Crippen LogP contribution in [0.2, 0.25) is 0 Å². The van der Waals surface area contributed by atoms with Crippen molar-refractivity contribution in [3.63, 3.8) is 0 Å². The molecule has 1 aliphatic heterocycles. The van der Waals surface area contributed by atoms with Gasteiger partial charge in [0.15, 0.2) is 5.60 Å². The maximum Gasteiger partial charge on any atom is 0.251 e. The summed E-state index contributed by atoms with van der Waals surface area (Å²) in [5.74, 6) is 0.110. The van der Waals surface area contributed by atoms with Gasteiger partial charge in [0.05, 0.1) is 13.2 Å². The summed E-state index contributed by atoms with van der Waals surface area (Å²) in [6, 6.07) is 12.3. The monoisotopic (exact) mass is 433 g/mol. The third-order valence-electron chi connectivity index (χ3n) is 5.45. The highest BCUT2D eigenvalue weighted by molar-refractivity contribution is 5.95. The summed E-state index contributed by atoms with van der Waals surface area (Å²) in [6.45, 7) is 0.216. The molecular weight excluding hydrogens is 406 g/mol. The third-order valence-corrected chi connectivity index (χ3v) is 5.45.